The minimum atomic E-state index is -5.40. The van der Waals surface area contributed by atoms with E-state index in [0.717, 1.165) is 17.7 Å². The van der Waals surface area contributed by atoms with Gasteiger partial charge >= 0.3 is 18.3 Å². The van der Waals surface area contributed by atoms with Crippen LogP contribution in [0.5, 0.6) is 0 Å². The molecule has 1 unspecified atom stereocenters. The molecule has 5 nitrogen and oxygen atoms in total. The van der Waals surface area contributed by atoms with E-state index in [1.165, 1.54) is 0 Å². The molecule has 0 radical (unpaired) electrons. The molecular formula is C25H34ClF6N3O2. The summed E-state index contributed by atoms with van der Waals surface area (Å²) in [5.41, 5.74) is 1.52. The molecule has 1 atom stereocenters. The number of halogens is 7. The SMILES string of the molecule is CCCC1(CCNC(C(F)(F)F)C(F)(F)F)CCN(Cc2cc(Cl)cc(N3CCC(C(=O)O)CC3)c2)C1. The summed E-state index contributed by atoms with van der Waals surface area (Å²) in [5, 5.41) is 11.5. The average Bonchev–Trinajstić information content (AvgIpc) is 3.17. The predicted octanol–water partition coefficient (Wildman–Crippen LogP) is 6.11. The number of nitrogens with one attached hydrogen (secondary N) is 1. The normalized spacial score (nSPS) is 22.2. The van der Waals surface area contributed by atoms with Gasteiger partial charge in [-0.2, -0.15) is 26.3 Å². The molecule has 2 N–H and O–H groups in total. The second kappa shape index (κ2) is 12.0. The Morgan fingerprint density at radius 2 is 1.76 bits per heavy atom. The third-order valence-corrected chi connectivity index (χ3v) is 7.73. The van der Waals surface area contributed by atoms with Crippen molar-refractivity contribution in [2.45, 2.75) is 70.4 Å². The van der Waals surface area contributed by atoms with Crippen LogP contribution in [0.3, 0.4) is 0 Å². The van der Waals surface area contributed by atoms with Crippen LogP contribution in [0.25, 0.3) is 0 Å². The maximum atomic E-state index is 12.9. The van der Waals surface area contributed by atoms with Gasteiger partial charge in [0, 0.05) is 36.9 Å². The van der Waals surface area contributed by atoms with E-state index in [1.54, 1.807) is 5.32 Å². The molecule has 0 spiro atoms. The third kappa shape index (κ3) is 8.13. The largest absolute Gasteiger partial charge is 0.481 e. The minimum Gasteiger partial charge on any atom is -0.481 e. The van der Waals surface area contributed by atoms with Gasteiger partial charge in [0.15, 0.2) is 0 Å². The van der Waals surface area contributed by atoms with Crippen molar-refractivity contribution in [1.82, 2.24) is 10.2 Å². The molecule has 0 bridgehead atoms. The molecular weight excluding hydrogens is 524 g/mol. The molecule has 3 rings (SSSR count). The van der Waals surface area contributed by atoms with Crippen LogP contribution in [-0.4, -0.2) is 67.1 Å². The lowest BCUT2D eigenvalue weighted by atomic mass is 9.79. The molecule has 2 heterocycles. The molecule has 0 amide bonds. The van der Waals surface area contributed by atoms with Crippen molar-refractivity contribution < 1.29 is 36.2 Å². The number of carbonyl (C=O) groups is 1. The van der Waals surface area contributed by atoms with Gasteiger partial charge in [0.05, 0.1) is 5.92 Å². The van der Waals surface area contributed by atoms with Crippen LogP contribution in [0.15, 0.2) is 18.2 Å². The molecule has 1 aromatic rings. The van der Waals surface area contributed by atoms with Crippen LogP contribution >= 0.6 is 11.6 Å². The topological polar surface area (TPSA) is 55.8 Å². The number of rotatable bonds is 10. The second-order valence-electron chi connectivity index (χ2n) is 10.3. The van der Waals surface area contributed by atoms with Gasteiger partial charge in [0.25, 0.3) is 0 Å². The lowest BCUT2D eigenvalue weighted by molar-refractivity contribution is -0.258. The van der Waals surface area contributed by atoms with E-state index in [0.29, 0.717) is 63.4 Å². The zero-order valence-electron chi connectivity index (χ0n) is 20.8. The molecule has 2 aliphatic rings. The first-order valence-corrected chi connectivity index (χ1v) is 13.0. The van der Waals surface area contributed by atoms with Crippen molar-refractivity contribution in [1.29, 1.82) is 0 Å². The predicted molar refractivity (Wildman–Crippen MR) is 130 cm³/mol. The summed E-state index contributed by atoms with van der Waals surface area (Å²) in [6.07, 6.45) is -7.27. The zero-order chi connectivity index (χ0) is 27.4. The summed E-state index contributed by atoms with van der Waals surface area (Å²) in [4.78, 5) is 15.5. The number of alkyl halides is 6. The number of anilines is 1. The van der Waals surface area contributed by atoms with Crippen molar-refractivity contribution in [3.8, 4) is 0 Å². The van der Waals surface area contributed by atoms with Crippen molar-refractivity contribution in [3.05, 3.63) is 28.8 Å². The Bertz CT molecular complexity index is 907. The highest BCUT2D eigenvalue weighted by molar-refractivity contribution is 6.30. The Morgan fingerprint density at radius 3 is 2.32 bits per heavy atom. The molecule has 0 aliphatic carbocycles. The molecule has 2 aliphatic heterocycles. The van der Waals surface area contributed by atoms with Gasteiger partial charge in [-0.05, 0) is 74.4 Å². The van der Waals surface area contributed by atoms with E-state index < -0.39 is 24.4 Å². The highest BCUT2D eigenvalue weighted by atomic mass is 35.5. The Kier molecular flexibility index (Phi) is 9.66. The van der Waals surface area contributed by atoms with Gasteiger partial charge in [-0.1, -0.05) is 24.9 Å². The van der Waals surface area contributed by atoms with Gasteiger partial charge in [-0.3, -0.25) is 15.0 Å². The first-order chi connectivity index (χ1) is 17.2. The van der Waals surface area contributed by atoms with Crippen molar-refractivity contribution >= 4 is 23.3 Å². The number of carboxylic acid groups (broad SMARTS) is 1. The zero-order valence-corrected chi connectivity index (χ0v) is 21.5. The van der Waals surface area contributed by atoms with Crippen molar-refractivity contribution in [3.63, 3.8) is 0 Å². The Hall–Kier alpha value is -1.72. The van der Waals surface area contributed by atoms with E-state index in [-0.39, 0.29) is 24.3 Å². The lowest BCUT2D eigenvalue weighted by Crippen LogP contribution is -2.53. The number of nitrogens with zero attached hydrogens (tertiary/aromatic N) is 2. The Labute approximate surface area is 218 Å². The van der Waals surface area contributed by atoms with Crippen LogP contribution in [0.2, 0.25) is 5.02 Å². The summed E-state index contributed by atoms with van der Waals surface area (Å²) < 4.78 is 77.3. The van der Waals surface area contributed by atoms with Crippen LogP contribution in [0.1, 0.15) is 51.0 Å². The van der Waals surface area contributed by atoms with Crippen LogP contribution < -0.4 is 10.2 Å². The standard InChI is InChI=1S/C25H34ClF6N3O2/c1-2-5-23(6-8-33-22(24(27,28)29)25(30,31)32)7-11-34(16-23)15-17-12-19(26)14-20(13-17)35-9-3-18(4-10-35)21(36)37/h12-14,18,22,33H,2-11,15-16H2,1H3,(H,36,37). The van der Waals surface area contributed by atoms with Crippen LogP contribution in [0, 0.1) is 11.3 Å². The smallest absolute Gasteiger partial charge is 0.412 e. The molecule has 2 saturated heterocycles. The summed E-state index contributed by atoms with van der Waals surface area (Å²) in [7, 11) is 0. The minimum absolute atomic E-state index is 0.222. The average molecular weight is 558 g/mol. The number of likely N-dealkylation sites (tertiary alicyclic amines) is 1. The fourth-order valence-corrected chi connectivity index (χ4v) is 5.93. The number of hydrogen-bond acceptors (Lipinski definition) is 4. The number of piperidine rings is 1. The van der Waals surface area contributed by atoms with Gasteiger partial charge < -0.3 is 10.0 Å². The first kappa shape index (κ1) is 29.8. The lowest BCUT2D eigenvalue weighted by Gasteiger charge is -2.33. The summed E-state index contributed by atoms with van der Waals surface area (Å²) >= 11 is 6.38. The van der Waals surface area contributed by atoms with E-state index >= 15 is 0 Å². The summed E-state index contributed by atoms with van der Waals surface area (Å²) in [6.45, 7) is 4.65. The molecule has 0 aromatic heterocycles. The van der Waals surface area contributed by atoms with E-state index in [2.05, 4.69) is 9.80 Å². The fraction of sp³-hybridized carbons (Fsp3) is 0.720. The fourth-order valence-electron chi connectivity index (χ4n) is 5.67. The second-order valence-corrected chi connectivity index (χ2v) is 10.8. The molecule has 1 aromatic carbocycles. The Balaban J connectivity index is 1.62. The third-order valence-electron chi connectivity index (χ3n) is 7.51. The van der Waals surface area contributed by atoms with Crippen molar-refractivity contribution in [2.75, 3.05) is 37.6 Å². The highest BCUT2D eigenvalue weighted by Crippen LogP contribution is 2.40. The molecule has 210 valence electrons. The van der Waals surface area contributed by atoms with Crippen molar-refractivity contribution in [2.24, 2.45) is 11.3 Å². The number of aliphatic carboxylic acids is 1. The summed E-state index contributed by atoms with van der Waals surface area (Å²) in [5.74, 6) is -1.12. The maximum Gasteiger partial charge on any atom is 0.412 e. The molecule has 12 heteroatoms. The number of hydrogen-bond donors (Lipinski definition) is 2. The monoisotopic (exact) mass is 557 g/mol. The number of carboxylic acids is 1. The van der Waals surface area contributed by atoms with Gasteiger partial charge in [-0.25, -0.2) is 0 Å². The van der Waals surface area contributed by atoms with E-state index in [1.807, 2.05) is 25.1 Å². The molecule has 2 fully saturated rings. The van der Waals surface area contributed by atoms with Crippen LogP contribution in [0.4, 0.5) is 32.0 Å². The molecule has 0 saturated carbocycles. The highest BCUT2D eigenvalue weighted by Gasteiger charge is 2.56. The van der Waals surface area contributed by atoms with Crippen LogP contribution in [-0.2, 0) is 11.3 Å². The first-order valence-electron chi connectivity index (χ1n) is 12.6. The van der Waals surface area contributed by atoms with Gasteiger partial charge in [0.2, 0.25) is 6.04 Å². The maximum absolute atomic E-state index is 12.9. The van der Waals surface area contributed by atoms with E-state index in [9.17, 15) is 36.2 Å². The quantitative estimate of drug-likeness (QED) is 0.340. The number of benzene rings is 1. The van der Waals surface area contributed by atoms with Gasteiger partial charge in [-0.15, -0.1) is 0 Å². The summed E-state index contributed by atoms with van der Waals surface area (Å²) in [6, 6.07) is 2.20. The molecule has 37 heavy (non-hydrogen) atoms. The van der Waals surface area contributed by atoms with E-state index in [4.69, 9.17) is 11.6 Å². The Morgan fingerprint density at radius 1 is 1.11 bits per heavy atom. The van der Waals surface area contributed by atoms with Gasteiger partial charge in [0.1, 0.15) is 0 Å².